The molecule has 2 aliphatic rings. The number of benzene rings is 1. The van der Waals surface area contributed by atoms with Crippen LogP contribution in [-0.2, 0) is 16.0 Å². The van der Waals surface area contributed by atoms with E-state index in [1.165, 1.54) is 0 Å². The van der Waals surface area contributed by atoms with Gasteiger partial charge >= 0.3 is 0 Å². The van der Waals surface area contributed by atoms with Crippen molar-refractivity contribution in [3.63, 3.8) is 0 Å². The number of para-hydroxylation sites is 1. The fourth-order valence-electron chi connectivity index (χ4n) is 2.93. The Morgan fingerprint density at radius 3 is 3.00 bits per heavy atom. The maximum atomic E-state index is 12.7. The summed E-state index contributed by atoms with van der Waals surface area (Å²) in [5, 5.41) is 0. The van der Waals surface area contributed by atoms with Gasteiger partial charge in [0.15, 0.2) is 0 Å². The van der Waals surface area contributed by atoms with Crippen molar-refractivity contribution < 1.29 is 14.3 Å². The molecule has 4 nitrogen and oxygen atoms in total. The predicted octanol–water partition coefficient (Wildman–Crippen LogP) is 1.88. The van der Waals surface area contributed by atoms with E-state index < -0.39 is 0 Å². The summed E-state index contributed by atoms with van der Waals surface area (Å²) in [5.74, 6) is 1.23. The third kappa shape index (κ3) is 2.96. The molecule has 0 radical (unpaired) electrons. The third-order valence-electron chi connectivity index (χ3n) is 4.05. The molecule has 0 saturated carbocycles. The molecule has 1 atom stereocenters. The Kier molecular flexibility index (Phi) is 4.21. The Bertz CT molecular complexity index is 467. The number of rotatable bonds is 1. The molecule has 0 unspecified atom stereocenters. The number of hydrogen-bond acceptors (Lipinski definition) is 3. The number of carbonyl (C=O) groups is 1. The Balaban J connectivity index is 1.71. The zero-order chi connectivity index (χ0) is 13.8. The second kappa shape index (κ2) is 6.27. The fourth-order valence-corrected chi connectivity index (χ4v) is 2.93. The van der Waals surface area contributed by atoms with Crippen molar-refractivity contribution in [1.29, 1.82) is 0 Å². The lowest BCUT2D eigenvalue weighted by molar-refractivity contribution is -0.135. The molecule has 20 heavy (non-hydrogen) atoms. The van der Waals surface area contributed by atoms with Crippen LogP contribution in [0.5, 0.6) is 5.75 Å². The number of fused-ring (bicyclic) bond motifs is 1. The van der Waals surface area contributed by atoms with Gasteiger partial charge in [0.05, 0.1) is 13.2 Å². The highest BCUT2D eigenvalue weighted by Gasteiger charge is 2.27. The van der Waals surface area contributed by atoms with Crippen molar-refractivity contribution in [2.24, 2.45) is 5.92 Å². The van der Waals surface area contributed by atoms with E-state index in [9.17, 15) is 4.79 Å². The molecule has 0 spiro atoms. The summed E-state index contributed by atoms with van der Waals surface area (Å²) >= 11 is 0. The first-order valence-electron chi connectivity index (χ1n) is 7.42. The van der Waals surface area contributed by atoms with E-state index >= 15 is 0 Å². The van der Waals surface area contributed by atoms with Gasteiger partial charge in [-0.05, 0) is 30.9 Å². The third-order valence-corrected chi connectivity index (χ3v) is 4.05. The SMILES string of the molecule is O=C([C@@H]1CCOc2ccccc2C1)N1CCCOCC1. The highest BCUT2D eigenvalue weighted by molar-refractivity contribution is 5.79. The minimum Gasteiger partial charge on any atom is -0.493 e. The van der Waals surface area contributed by atoms with Crippen molar-refractivity contribution >= 4 is 5.91 Å². The molecule has 0 aliphatic carbocycles. The van der Waals surface area contributed by atoms with Crippen molar-refractivity contribution in [1.82, 2.24) is 4.90 Å². The Morgan fingerprint density at radius 2 is 2.05 bits per heavy atom. The lowest BCUT2D eigenvalue weighted by atomic mass is 9.95. The zero-order valence-electron chi connectivity index (χ0n) is 11.7. The van der Waals surface area contributed by atoms with Gasteiger partial charge in [0, 0.05) is 25.6 Å². The molecule has 0 N–H and O–H groups in total. The summed E-state index contributed by atoms with van der Waals surface area (Å²) in [6.45, 7) is 3.58. The van der Waals surface area contributed by atoms with Crippen molar-refractivity contribution in [2.45, 2.75) is 19.3 Å². The normalized spacial score (nSPS) is 23.2. The van der Waals surface area contributed by atoms with Gasteiger partial charge in [-0.15, -0.1) is 0 Å². The molecule has 1 aromatic rings. The van der Waals surface area contributed by atoms with Crippen LogP contribution in [0, 0.1) is 5.92 Å². The predicted molar refractivity (Wildman–Crippen MR) is 75.8 cm³/mol. The smallest absolute Gasteiger partial charge is 0.226 e. The summed E-state index contributed by atoms with van der Waals surface area (Å²) in [6, 6.07) is 8.04. The van der Waals surface area contributed by atoms with Crippen molar-refractivity contribution in [3.8, 4) is 5.75 Å². The number of carbonyl (C=O) groups excluding carboxylic acids is 1. The molecule has 4 heteroatoms. The van der Waals surface area contributed by atoms with Crippen LogP contribution in [0.25, 0.3) is 0 Å². The number of ether oxygens (including phenoxy) is 2. The molecule has 1 saturated heterocycles. The van der Waals surface area contributed by atoms with Gasteiger partial charge in [-0.3, -0.25) is 4.79 Å². The molecule has 0 bridgehead atoms. The van der Waals surface area contributed by atoms with E-state index in [0.717, 1.165) is 50.3 Å². The van der Waals surface area contributed by atoms with Crippen molar-refractivity contribution in [2.75, 3.05) is 32.9 Å². The summed E-state index contributed by atoms with van der Waals surface area (Å²) in [6.07, 6.45) is 2.52. The van der Waals surface area contributed by atoms with E-state index in [2.05, 4.69) is 6.07 Å². The van der Waals surface area contributed by atoms with E-state index in [1.807, 2.05) is 23.1 Å². The fraction of sp³-hybridized carbons (Fsp3) is 0.562. The van der Waals surface area contributed by atoms with Gasteiger partial charge in [0.2, 0.25) is 5.91 Å². The number of nitrogens with zero attached hydrogens (tertiary/aromatic N) is 1. The monoisotopic (exact) mass is 275 g/mol. The number of hydrogen-bond donors (Lipinski definition) is 0. The first-order valence-corrected chi connectivity index (χ1v) is 7.42. The summed E-state index contributed by atoms with van der Waals surface area (Å²) in [7, 11) is 0. The van der Waals surface area contributed by atoms with Crippen LogP contribution in [0.2, 0.25) is 0 Å². The van der Waals surface area contributed by atoms with Crippen LogP contribution in [0.3, 0.4) is 0 Å². The topological polar surface area (TPSA) is 38.8 Å². The van der Waals surface area contributed by atoms with Gasteiger partial charge < -0.3 is 14.4 Å². The molecular formula is C16H21NO3. The van der Waals surface area contributed by atoms with E-state index in [0.29, 0.717) is 13.2 Å². The van der Waals surface area contributed by atoms with Gasteiger partial charge in [-0.25, -0.2) is 0 Å². The molecule has 2 aliphatic heterocycles. The summed E-state index contributed by atoms with van der Waals surface area (Å²) in [5.41, 5.74) is 1.15. The van der Waals surface area contributed by atoms with Gasteiger partial charge in [-0.2, -0.15) is 0 Å². The minimum absolute atomic E-state index is 0.0387. The Morgan fingerprint density at radius 1 is 1.15 bits per heavy atom. The second-order valence-corrected chi connectivity index (χ2v) is 5.44. The van der Waals surface area contributed by atoms with E-state index in [1.54, 1.807) is 0 Å². The lowest BCUT2D eigenvalue weighted by Crippen LogP contribution is -2.38. The highest BCUT2D eigenvalue weighted by atomic mass is 16.5. The zero-order valence-corrected chi connectivity index (χ0v) is 11.7. The van der Waals surface area contributed by atoms with Crippen LogP contribution < -0.4 is 4.74 Å². The molecule has 1 aromatic carbocycles. The van der Waals surface area contributed by atoms with Gasteiger partial charge in [-0.1, -0.05) is 18.2 Å². The average molecular weight is 275 g/mol. The maximum absolute atomic E-state index is 12.7. The largest absolute Gasteiger partial charge is 0.493 e. The minimum atomic E-state index is 0.0387. The number of amides is 1. The average Bonchev–Trinajstić information content (AvgIpc) is 2.87. The van der Waals surface area contributed by atoms with E-state index in [4.69, 9.17) is 9.47 Å². The Hall–Kier alpha value is -1.55. The van der Waals surface area contributed by atoms with Crippen LogP contribution in [0.1, 0.15) is 18.4 Å². The summed E-state index contributed by atoms with van der Waals surface area (Å²) in [4.78, 5) is 14.6. The summed E-state index contributed by atoms with van der Waals surface area (Å²) < 4.78 is 11.2. The first kappa shape index (κ1) is 13.4. The standard InChI is InChI=1S/C16H21NO3/c18-16(17-7-3-9-19-11-8-17)14-6-10-20-15-5-2-1-4-13(15)12-14/h1-2,4-5,14H,3,6-12H2/t14-/m1/s1. The second-order valence-electron chi connectivity index (χ2n) is 5.44. The van der Waals surface area contributed by atoms with Crippen LogP contribution in [-0.4, -0.2) is 43.7 Å². The van der Waals surface area contributed by atoms with E-state index in [-0.39, 0.29) is 11.8 Å². The highest BCUT2D eigenvalue weighted by Crippen LogP contribution is 2.27. The molecule has 3 rings (SSSR count). The van der Waals surface area contributed by atoms with Crippen LogP contribution in [0.4, 0.5) is 0 Å². The molecule has 2 heterocycles. The molecular weight excluding hydrogens is 254 g/mol. The molecule has 0 aromatic heterocycles. The van der Waals surface area contributed by atoms with Gasteiger partial charge in [0.1, 0.15) is 5.75 Å². The van der Waals surface area contributed by atoms with Crippen molar-refractivity contribution in [3.05, 3.63) is 29.8 Å². The van der Waals surface area contributed by atoms with Crippen LogP contribution in [0.15, 0.2) is 24.3 Å². The quantitative estimate of drug-likeness (QED) is 0.785. The van der Waals surface area contributed by atoms with Crippen LogP contribution >= 0.6 is 0 Å². The molecule has 1 amide bonds. The lowest BCUT2D eigenvalue weighted by Gasteiger charge is -2.24. The molecule has 1 fully saturated rings. The van der Waals surface area contributed by atoms with Gasteiger partial charge in [0.25, 0.3) is 0 Å². The Labute approximate surface area is 119 Å². The maximum Gasteiger partial charge on any atom is 0.226 e. The first-order chi connectivity index (χ1) is 9.84. The molecule has 108 valence electrons.